The average molecular weight is 154 g/mol. The first-order valence-corrected chi connectivity index (χ1v) is 5.15. The lowest BCUT2D eigenvalue weighted by Crippen LogP contribution is -1.68. The third-order valence-electron chi connectivity index (χ3n) is 3.31. The van der Waals surface area contributed by atoms with E-state index in [0.29, 0.717) is 0 Å². The van der Waals surface area contributed by atoms with E-state index < -0.39 is 0 Å². The summed E-state index contributed by atoms with van der Waals surface area (Å²) in [4.78, 5) is 0. The predicted molar refractivity (Wildman–Crippen MR) is 50.5 cm³/mol. The Morgan fingerprint density at radius 1 is 0.909 bits per heavy atom. The molecule has 2 aliphatic carbocycles. The van der Waals surface area contributed by atoms with E-state index in [-0.39, 0.29) is 0 Å². The molecule has 0 aromatic rings. The summed E-state index contributed by atoms with van der Waals surface area (Å²) in [7, 11) is 0. The minimum atomic E-state index is 1.05. The van der Waals surface area contributed by atoms with E-state index in [1.807, 2.05) is 0 Å². The Hall–Kier alpha value is 0. The van der Waals surface area contributed by atoms with E-state index in [1.165, 1.54) is 19.3 Å². The summed E-state index contributed by atoms with van der Waals surface area (Å²) in [5.74, 6) is 4.27. The highest BCUT2D eigenvalue weighted by Gasteiger charge is 2.29. The molecule has 0 bridgehead atoms. The molecule has 4 atom stereocenters. The monoisotopic (exact) mass is 154 g/mol. The first-order chi connectivity index (χ1) is 5.15. The van der Waals surface area contributed by atoms with Crippen molar-refractivity contribution in [3.63, 3.8) is 0 Å². The summed E-state index contributed by atoms with van der Waals surface area (Å²) >= 11 is 0. The van der Waals surface area contributed by atoms with Crippen LogP contribution in [0.3, 0.4) is 0 Å². The van der Waals surface area contributed by atoms with Crippen molar-refractivity contribution in [1.82, 2.24) is 0 Å². The van der Waals surface area contributed by atoms with E-state index in [2.05, 4.69) is 27.7 Å². The van der Waals surface area contributed by atoms with E-state index in [0.717, 1.165) is 23.7 Å². The largest absolute Gasteiger partial charge is 0.0651 e. The number of hydrogen-bond donors (Lipinski definition) is 0. The second-order valence-electron chi connectivity index (χ2n) is 4.57. The van der Waals surface area contributed by atoms with E-state index in [4.69, 9.17) is 0 Å². The van der Waals surface area contributed by atoms with Crippen LogP contribution in [-0.4, -0.2) is 0 Å². The molecule has 0 aromatic heterocycles. The van der Waals surface area contributed by atoms with Crippen molar-refractivity contribution in [3.8, 4) is 0 Å². The third-order valence-corrected chi connectivity index (χ3v) is 3.31. The molecule has 4 unspecified atom stereocenters. The lowest BCUT2D eigenvalue weighted by molar-refractivity contribution is 0.724. The van der Waals surface area contributed by atoms with Gasteiger partial charge in [0.1, 0.15) is 0 Å². The molecule has 0 nitrogen and oxygen atoms in total. The molecule has 2 fully saturated rings. The third kappa shape index (κ3) is 3.27. The van der Waals surface area contributed by atoms with Crippen LogP contribution in [0.25, 0.3) is 0 Å². The van der Waals surface area contributed by atoms with Crippen molar-refractivity contribution in [1.29, 1.82) is 0 Å². The average Bonchev–Trinajstić information content (AvgIpc) is 2.80. The highest BCUT2D eigenvalue weighted by molar-refractivity contribution is 4.80. The van der Waals surface area contributed by atoms with Crippen LogP contribution in [0.2, 0.25) is 0 Å². The van der Waals surface area contributed by atoms with Gasteiger partial charge in [-0.1, -0.05) is 34.1 Å². The van der Waals surface area contributed by atoms with E-state index in [1.54, 1.807) is 0 Å². The molecular formula is C11H22. The Labute approximate surface area is 71.4 Å². The van der Waals surface area contributed by atoms with Gasteiger partial charge < -0.3 is 0 Å². The molecule has 0 spiro atoms. The zero-order chi connectivity index (χ0) is 8.43. The first-order valence-electron chi connectivity index (χ1n) is 5.15. The Morgan fingerprint density at radius 3 is 1.27 bits per heavy atom. The fourth-order valence-electron chi connectivity index (χ4n) is 1.48. The molecule has 0 heterocycles. The minimum absolute atomic E-state index is 1.05. The van der Waals surface area contributed by atoms with E-state index in [9.17, 15) is 0 Å². The van der Waals surface area contributed by atoms with Crippen LogP contribution < -0.4 is 0 Å². The Morgan fingerprint density at radius 2 is 1.27 bits per heavy atom. The summed E-state index contributed by atoms with van der Waals surface area (Å²) in [5.41, 5.74) is 0. The van der Waals surface area contributed by atoms with Gasteiger partial charge in [0.2, 0.25) is 0 Å². The van der Waals surface area contributed by atoms with Crippen molar-refractivity contribution >= 4 is 0 Å². The summed E-state index contributed by atoms with van der Waals surface area (Å²) in [6.45, 7) is 9.19. The first kappa shape index (κ1) is 9.09. The lowest BCUT2D eigenvalue weighted by atomic mass is 10.3. The maximum Gasteiger partial charge on any atom is -0.0388 e. The summed E-state index contributed by atoms with van der Waals surface area (Å²) < 4.78 is 0. The van der Waals surface area contributed by atoms with Gasteiger partial charge in [0.05, 0.1) is 0 Å². The second kappa shape index (κ2) is 3.60. The van der Waals surface area contributed by atoms with Gasteiger partial charge in [-0.15, -0.1) is 0 Å². The van der Waals surface area contributed by atoms with Crippen LogP contribution in [0, 0.1) is 23.7 Å². The van der Waals surface area contributed by atoms with Gasteiger partial charge in [-0.25, -0.2) is 0 Å². The van der Waals surface area contributed by atoms with Gasteiger partial charge in [-0.05, 0) is 36.5 Å². The molecule has 0 heteroatoms. The SMILES string of the molecule is CC1CC1C.CCC1CC1C. The Balaban J connectivity index is 0.000000112. The Kier molecular flexibility index (Phi) is 2.98. The standard InChI is InChI=1S/C6H12.C5H10/c1-3-6-4-5(6)2;1-4-3-5(4)2/h5-6H,3-4H2,1-2H3;4-5H,3H2,1-2H3. The topological polar surface area (TPSA) is 0 Å². The van der Waals surface area contributed by atoms with Crippen LogP contribution in [0.4, 0.5) is 0 Å². The maximum absolute atomic E-state index is 2.33. The molecule has 2 saturated carbocycles. The molecule has 0 aromatic carbocycles. The molecule has 0 saturated heterocycles. The molecule has 11 heavy (non-hydrogen) atoms. The lowest BCUT2D eigenvalue weighted by Gasteiger charge is -1.79. The number of rotatable bonds is 1. The highest BCUT2D eigenvalue weighted by atomic mass is 14.3. The Bertz CT molecular complexity index is 109. The van der Waals surface area contributed by atoms with Crippen LogP contribution >= 0.6 is 0 Å². The molecular weight excluding hydrogens is 132 g/mol. The zero-order valence-corrected chi connectivity index (χ0v) is 8.43. The zero-order valence-electron chi connectivity index (χ0n) is 8.43. The van der Waals surface area contributed by atoms with E-state index >= 15 is 0 Å². The highest BCUT2D eigenvalue weighted by Crippen LogP contribution is 2.39. The van der Waals surface area contributed by atoms with Gasteiger partial charge in [-0.3, -0.25) is 0 Å². The van der Waals surface area contributed by atoms with Crippen molar-refractivity contribution < 1.29 is 0 Å². The molecule has 66 valence electrons. The summed E-state index contributed by atoms with van der Waals surface area (Å²) in [5, 5.41) is 0. The van der Waals surface area contributed by atoms with Gasteiger partial charge >= 0.3 is 0 Å². The summed E-state index contributed by atoms with van der Waals surface area (Å²) in [6.07, 6.45) is 4.37. The van der Waals surface area contributed by atoms with Gasteiger partial charge in [-0.2, -0.15) is 0 Å². The smallest absolute Gasteiger partial charge is 0.0388 e. The molecule has 0 N–H and O–H groups in total. The molecule has 0 amide bonds. The molecule has 0 radical (unpaired) electrons. The fraction of sp³-hybridized carbons (Fsp3) is 1.00. The fourth-order valence-corrected chi connectivity index (χ4v) is 1.48. The normalized spacial score (nSPS) is 45.8. The molecule has 2 aliphatic rings. The number of hydrogen-bond acceptors (Lipinski definition) is 0. The minimum Gasteiger partial charge on any atom is -0.0651 e. The van der Waals surface area contributed by atoms with Gasteiger partial charge in [0, 0.05) is 0 Å². The second-order valence-corrected chi connectivity index (χ2v) is 4.57. The van der Waals surface area contributed by atoms with Crippen molar-refractivity contribution in [2.45, 2.75) is 47.0 Å². The van der Waals surface area contributed by atoms with Crippen molar-refractivity contribution in [3.05, 3.63) is 0 Å². The molecule has 2 rings (SSSR count). The molecule has 0 aliphatic heterocycles. The quantitative estimate of drug-likeness (QED) is 0.540. The van der Waals surface area contributed by atoms with Gasteiger partial charge in [0.15, 0.2) is 0 Å². The summed E-state index contributed by atoms with van der Waals surface area (Å²) in [6, 6.07) is 0. The van der Waals surface area contributed by atoms with Crippen LogP contribution in [0.1, 0.15) is 47.0 Å². The predicted octanol–water partition coefficient (Wildman–Crippen LogP) is 3.71. The maximum atomic E-state index is 2.33. The van der Waals surface area contributed by atoms with Crippen molar-refractivity contribution in [2.75, 3.05) is 0 Å². The van der Waals surface area contributed by atoms with Crippen molar-refractivity contribution in [2.24, 2.45) is 23.7 Å². The van der Waals surface area contributed by atoms with Gasteiger partial charge in [0.25, 0.3) is 0 Å². The van der Waals surface area contributed by atoms with Crippen LogP contribution in [-0.2, 0) is 0 Å². The van der Waals surface area contributed by atoms with Crippen LogP contribution in [0.15, 0.2) is 0 Å². The van der Waals surface area contributed by atoms with Crippen LogP contribution in [0.5, 0.6) is 0 Å².